The average molecular weight is 310 g/mol. The second-order valence-corrected chi connectivity index (χ2v) is 5.60. The van der Waals surface area contributed by atoms with Crippen LogP contribution in [0.25, 0.3) is 22.2 Å². The summed E-state index contributed by atoms with van der Waals surface area (Å²) in [4.78, 5) is 0. The van der Waals surface area contributed by atoms with Gasteiger partial charge in [0.15, 0.2) is 11.6 Å². The number of benzene rings is 2. The van der Waals surface area contributed by atoms with Crippen LogP contribution in [0.3, 0.4) is 0 Å². The van der Waals surface area contributed by atoms with Crippen molar-refractivity contribution in [3.8, 4) is 22.8 Å². The second-order valence-electron chi connectivity index (χ2n) is 4.82. The van der Waals surface area contributed by atoms with Gasteiger partial charge in [-0.05, 0) is 35.7 Å². The molecule has 0 saturated heterocycles. The van der Waals surface area contributed by atoms with Crippen LogP contribution in [0.15, 0.2) is 59.3 Å². The molecule has 3 nitrogen and oxygen atoms in total. The van der Waals surface area contributed by atoms with Gasteiger partial charge in [0.05, 0.1) is 5.52 Å². The van der Waals surface area contributed by atoms with Crippen LogP contribution in [0.1, 0.15) is 0 Å². The zero-order valence-electron chi connectivity index (χ0n) is 11.4. The highest BCUT2D eigenvalue weighted by Crippen LogP contribution is 2.31. The Morgan fingerprint density at radius 2 is 2.00 bits per heavy atom. The highest BCUT2D eigenvalue weighted by atomic mass is 32.1. The Kier molecular flexibility index (Phi) is 3.12. The van der Waals surface area contributed by atoms with Gasteiger partial charge >= 0.3 is 0 Å². The zero-order valence-corrected chi connectivity index (χ0v) is 12.2. The number of aromatic nitrogens is 2. The molecule has 0 radical (unpaired) electrons. The Hall–Kier alpha value is -2.66. The first-order chi connectivity index (χ1) is 10.8. The number of ether oxygens (including phenoxy) is 1. The molecule has 22 heavy (non-hydrogen) atoms. The van der Waals surface area contributed by atoms with Gasteiger partial charge < -0.3 is 4.74 Å². The number of thiophene rings is 1. The van der Waals surface area contributed by atoms with Gasteiger partial charge in [-0.15, -0.1) is 0 Å². The second kappa shape index (κ2) is 5.27. The predicted octanol–water partition coefficient (Wildman–Crippen LogP) is 5.22. The summed E-state index contributed by atoms with van der Waals surface area (Å²) < 4.78 is 19.2. The molecule has 0 amide bonds. The molecule has 5 heteroatoms. The molecular weight excluding hydrogens is 299 g/mol. The van der Waals surface area contributed by atoms with Crippen LogP contribution in [0.4, 0.5) is 4.39 Å². The molecule has 0 aliphatic heterocycles. The quantitative estimate of drug-likeness (QED) is 0.563. The normalized spacial score (nSPS) is 11.0. The fourth-order valence-corrected chi connectivity index (χ4v) is 2.98. The highest BCUT2D eigenvalue weighted by Gasteiger charge is 2.10. The topological polar surface area (TPSA) is 37.9 Å². The molecule has 0 unspecified atom stereocenters. The lowest BCUT2D eigenvalue weighted by atomic mass is 10.1. The molecule has 0 spiro atoms. The summed E-state index contributed by atoms with van der Waals surface area (Å²) in [5.41, 5.74) is 2.85. The summed E-state index contributed by atoms with van der Waals surface area (Å²) in [5.74, 6) is 0.392. The number of nitrogens with one attached hydrogen (secondary N) is 1. The number of hydrogen-bond donors (Lipinski definition) is 1. The maximum Gasteiger partial charge on any atom is 0.165 e. The largest absolute Gasteiger partial charge is 0.454 e. The Bertz CT molecular complexity index is 931. The van der Waals surface area contributed by atoms with Gasteiger partial charge in [0, 0.05) is 22.4 Å². The third kappa shape index (κ3) is 2.25. The van der Waals surface area contributed by atoms with Crippen molar-refractivity contribution in [1.29, 1.82) is 0 Å². The number of fused-ring (bicyclic) bond motifs is 1. The maximum absolute atomic E-state index is 13.6. The van der Waals surface area contributed by atoms with Crippen LogP contribution in [0.2, 0.25) is 0 Å². The van der Waals surface area contributed by atoms with E-state index in [0.29, 0.717) is 5.75 Å². The lowest BCUT2D eigenvalue weighted by Gasteiger charge is -2.06. The van der Waals surface area contributed by atoms with Crippen LogP contribution in [-0.4, -0.2) is 10.2 Å². The number of nitrogens with zero attached hydrogens (tertiary/aromatic N) is 1. The molecule has 2 aromatic heterocycles. The van der Waals surface area contributed by atoms with E-state index in [1.54, 1.807) is 29.5 Å². The van der Waals surface area contributed by atoms with Crippen molar-refractivity contribution >= 4 is 22.2 Å². The van der Waals surface area contributed by atoms with Crippen molar-refractivity contribution in [3.63, 3.8) is 0 Å². The van der Waals surface area contributed by atoms with Gasteiger partial charge in [0.1, 0.15) is 11.4 Å². The maximum atomic E-state index is 13.6. The summed E-state index contributed by atoms with van der Waals surface area (Å²) in [5, 5.41) is 12.4. The van der Waals surface area contributed by atoms with Crippen LogP contribution in [0, 0.1) is 5.82 Å². The number of para-hydroxylation sites is 1. The van der Waals surface area contributed by atoms with Crippen LogP contribution in [0.5, 0.6) is 11.5 Å². The van der Waals surface area contributed by atoms with E-state index in [2.05, 4.69) is 15.6 Å². The summed E-state index contributed by atoms with van der Waals surface area (Å²) in [6.07, 6.45) is 0. The van der Waals surface area contributed by atoms with Crippen molar-refractivity contribution in [2.45, 2.75) is 0 Å². The van der Waals surface area contributed by atoms with Gasteiger partial charge in [-0.2, -0.15) is 16.4 Å². The van der Waals surface area contributed by atoms with E-state index in [9.17, 15) is 4.39 Å². The first-order valence-electron chi connectivity index (χ1n) is 6.74. The molecule has 0 fully saturated rings. The fraction of sp³-hybridized carbons (Fsp3) is 0. The first-order valence-corrected chi connectivity index (χ1v) is 7.68. The number of halogens is 1. The fourth-order valence-electron chi connectivity index (χ4n) is 2.34. The van der Waals surface area contributed by atoms with Gasteiger partial charge in [-0.25, -0.2) is 4.39 Å². The lowest BCUT2D eigenvalue weighted by molar-refractivity contribution is 0.443. The Morgan fingerprint density at radius 1 is 1.09 bits per heavy atom. The van der Waals surface area contributed by atoms with E-state index in [1.807, 2.05) is 29.6 Å². The van der Waals surface area contributed by atoms with E-state index < -0.39 is 0 Å². The van der Waals surface area contributed by atoms with Crippen molar-refractivity contribution in [2.24, 2.45) is 0 Å². The minimum atomic E-state index is -0.383. The van der Waals surface area contributed by atoms with Crippen molar-refractivity contribution in [1.82, 2.24) is 10.2 Å². The van der Waals surface area contributed by atoms with E-state index in [0.717, 1.165) is 22.2 Å². The smallest absolute Gasteiger partial charge is 0.165 e. The standard InChI is InChI=1S/C17H11FN2OS/c18-14-3-1-2-4-16(14)21-12-5-6-13-15(9-12)19-20-17(13)11-7-8-22-10-11/h1-10H,(H,19,20). The van der Waals surface area contributed by atoms with E-state index in [4.69, 9.17) is 4.74 Å². The minimum absolute atomic E-state index is 0.208. The summed E-state index contributed by atoms with van der Waals surface area (Å²) in [7, 11) is 0. The van der Waals surface area contributed by atoms with Gasteiger partial charge in [-0.1, -0.05) is 12.1 Å². The zero-order chi connectivity index (χ0) is 14.9. The molecule has 4 rings (SSSR count). The molecule has 0 atom stereocenters. The highest BCUT2D eigenvalue weighted by molar-refractivity contribution is 7.08. The van der Waals surface area contributed by atoms with E-state index in [-0.39, 0.29) is 11.6 Å². The minimum Gasteiger partial charge on any atom is -0.454 e. The Balaban J connectivity index is 1.72. The summed E-state index contributed by atoms with van der Waals surface area (Å²) in [6, 6.07) is 14.0. The number of rotatable bonds is 3. The van der Waals surface area contributed by atoms with E-state index >= 15 is 0 Å². The lowest BCUT2D eigenvalue weighted by Crippen LogP contribution is -1.87. The Morgan fingerprint density at radius 3 is 2.82 bits per heavy atom. The van der Waals surface area contributed by atoms with Crippen LogP contribution in [-0.2, 0) is 0 Å². The molecule has 0 saturated carbocycles. The van der Waals surface area contributed by atoms with Gasteiger partial charge in [-0.3, -0.25) is 5.10 Å². The molecule has 1 N–H and O–H groups in total. The predicted molar refractivity (Wildman–Crippen MR) is 85.9 cm³/mol. The van der Waals surface area contributed by atoms with Gasteiger partial charge in [0.2, 0.25) is 0 Å². The van der Waals surface area contributed by atoms with Crippen molar-refractivity contribution < 1.29 is 9.13 Å². The molecule has 108 valence electrons. The number of aromatic amines is 1. The first kappa shape index (κ1) is 13.0. The summed E-state index contributed by atoms with van der Waals surface area (Å²) in [6.45, 7) is 0. The van der Waals surface area contributed by atoms with Crippen LogP contribution >= 0.6 is 11.3 Å². The third-order valence-electron chi connectivity index (χ3n) is 3.39. The van der Waals surface area contributed by atoms with Crippen LogP contribution < -0.4 is 4.74 Å². The monoisotopic (exact) mass is 310 g/mol. The Labute approximate surface area is 130 Å². The van der Waals surface area contributed by atoms with E-state index in [1.165, 1.54) is 6.07 Å². The molecule has 0 aliphatic rings. The molecule has 2 aromatic carbocycles. The summed E-state index contributed by atoms with van der Waals surface area (Å²) >= 11 is 1.63. The van der Waals surface area contributed by atoms with Gasteiger partial charge in [0.25, 0.3) is 0 Å². The molecule has 0 bridgehead atoms. The van der Waals surface area contributed by atoms with Crippen molar-refractivity contribution in [3.05, 3.63) is 65.1 Å². The number of hydrogen-bond acceptors (Lipinski definition) is 3. The average Bonchev–Trinajstić information content (AvgIpc) is 3.18. The van der Waals surface area contributed by atoms with Crippen molar-refractivity contribution in [2.75, 3.05) is 0 Å². The third-order valence-corrected chi connectivity index (χ3v) is 4.08. The SMILES string of the molecule is Fc1ccccc1Oc1ccc2c(-c3ccsc3)n[nH]c2c1. The molecular formula is C17H11FN2OS. The molecule has 0 aliphatic carbocycles. The molecule has 4 aromatic rings. The molecule has 2 heterocycles. The number of H-pyrrole nitrogens is 1.